The number of hydrogen-bond donors (Lipinski definition) is 1. The fourth-order valence-corrected chi connectivity index (χ4v) is 5.29. The highest BCUT2D eigenvalue weighted by atomic mass is 32.2. The zero-order valence-electron chi connectivity index (χ0n) is 18.6. The van der Waals surface area contributed by atoms with Crippen LogP contribution >= 0.6 is 0 Å². The number of aromatic nitrogens is 1. The van der Waals surface area contributed by atoms with Gasteiger partial charge in [-0.1, -0.05) is 6.07 Å². The average molecular weight is 448 g/mol. The van der Waals surface area contributed by atoms with Crippen LogP contribution < -0.4 is 0 Å². The number of carbonyl (C=O) groups excluding carboxylic acids is 2. The van der Waals surface area contributed by atoms with E-state index in [9.17, 15) is 18.0 Å². The van der Waals surface area contributed by atoms with E-state index in [1.807, 2.05) is 13.8 Å². The second kappa shape index (κ2) is 8.84. The average Bonchev–Trinajstić information content (AvgIpc) is 3.03. The van der Waals surface area contributed by atoms with Crippen molar-refractivity contribution in [3.63, 3.8) is 0 Å². The summed E-state index contributed by atoms with van der Waals surface area (Å²) in [7, 11) is -3.62. The van der Waals surface area contributed by atoms with Gasteiger partial charge in [-0.15, -0.1) is 0 Å². The van der Waals surface area contributed by atoms with Crippen molar-refractivity contribution in [2.45, 2.75) is 39.5 Å². The molecule has 0 aliphatic carbocycles. The molecule has 3 rings (SSSR count). The number of nitrogens with zero attached hydrogens (tertiary/aromatic N) is 2. The number of nitrogens with one attached hydrogen (secondary N) is 1. The molecule has 0 atom stereocenters. The molecule has 8 nitrogen and oxygen atoms in total. The van der Waals surface area contributed by atoms with Crippen molar-refractivity contribution in [3.8, 4) is 0 Å². The third kappa shape index (κ3) is 4.38. The molecule has 0 bridgehead atoms. The summed E-state index contributed by atoms with van der Waals surface area (Å²) in [4.78, 5) is 30.1. The molecule has 1 aliphatic heterocycles. The van der Waals surface area contributed by atoms with E-state index in [4.69, 9.17) is 4.74 Å². The third-order valence-corrected chi connectivity index (χ3v) is 7.67. The van der Waals surface area contributed by atoms with Crippen molar-refractivity contribution in [3.05, 3.63) is 51.8 Å². The molecule has 2 aromatic rings. The second-order valence-electron chi connectivity index (χ2n) is 7.79. The standard InChI is InChI=1S/C22H29N3O5S/c1-6-30-22(27)19-16(4)20(23-17(19)5)21(26)24-9-11-25(12-10-24)31(28,29)18-8-7-14(2)15(3)13-18/h7-8,13,23H,6,9-12H2,1-5H3. The van der Waals surface area contributed by atoms with Crippen molar-refractivity contribution in [2.75, 3.05) is 32.8 Å². The van der Waals surface area contributed by atoms with Crippen LogP contribution in [-0.2, 0) is 14.8 Å². The highest BCUT2D eigenvalue weighted by Crippen LogP contribution is 2.23. The van der Waals surface area contributed by atoms with Gasteiger partial charge in [0.1, 0.15) is 5.69 Å². The minimum Gasteiger partial charge on any atom is -0.462 e. The van der Waals surface area contributed by atoms with Crippen LogP contribution in [0.5, 0.6) is 0 Å². The number of amides is 1. The topological polar surface area (TPSA) is 99.8 Å². The normalized spacial score (nSPS) is 15.2. The van der Waals surface area contributed by atoms with Crippen LogP contribution in [0.25, 0.3) is 0 Å². The molecule has 1 aliphatic rings. The van der Waals surface area contributed by atoms with Gasteiger partial charge in [0.25, 0.3) is 5.91 Å². The van der Waals surface area contributed by atoms with Gasteiger partial charge in [0.15, 0.2) is 0 Å². The number of rotatable bonds is 5. The molecule has 1 aromatic heterocycles. The van der Waals surface area contributed by atoms with Crippen molar-refractivity contribution in [1.82, 2.24) is 14.2 Å². The van der Waals surface area contributed by atoms with Crippen LogP contribution in [0.4, 0.5) is 0 Å². The first kappa shape index (κ1) is 23.0. The number of carbonyl (C=O) groups is 2. The Morgan fingerprint density at radius 3 is 2.26 bits per heavy atom. The summed E-state index contributed by atoms with van der Waals surface area (Å²) in [5.41, 5.74) is 3.80. The number of H-pyrrole nitrogens is 1. The van der Waals surface area contributed by atoms with Gasteiger partial charge in [-0.3, -0.25) is 4.79 Å². The third-order valence-electron chi connectivity index (χ3n) is 5.77. The minimum absolute atomic E-state index is 0.213. The molecule has 1 amide bonds. The van der Waals surface area contributed by atoms with Crippen molar-refractivity contribution in [2.24, 2.45) is 0 Å². The summed E-state index contributed by atoms with van der Waals surface area (Å²) >= 11 is 0. The smallest absolute Gasteiger partial charge is 0.340 e. The van der Waals surface area contributed by atoms with E-state index in [2.05, 4.69) is 4.98 Å². The molecule has 1 N–H and O–H groups in total. The zero-order valence-corrected chi connectivity index (χ0v) is 19.4. The Bertz CT molecular complexity index is 1110. The maximum absolute atomic E-state index is 13.0. The zero-order chi connectivity index (χ0) is 22.9. The first-order valence-corrected chi connectivity index (χ1v) is 11.7. The van der Waals surface area contributed by atoms with E-state index in [0.29, 0.717) is 22.5 Å². The molecule has 0 radical (unpaired) electrons. The number of hydrogen-bond acceptors (Lipinski definition) is 5. The highest BCUT2D eigenvalue weighted by molar-refractivity contribution is 7.89. The van der Waals surface area contributed by atoms with Gasteiger partial charge >= 0.3 is 5.97 Å². The van der Waals surface area contributed by atoms with Gasteiger partial charge in [0, 0.05) is 31.9 Å². The second-order valence-corrected chi connectivity index (χ2v) is 9.73. The SMILES string of the molecule is CCOC(=O)c1c(C)[nH]c(C(=O)N2CCN(S(=O)(=O)c3ccc(C)c(C)c3)CC2)c1C. The molecule has 0 saturated carbocycles. The summed E-state index contributed by atoms with van der Waals surface area (Å²) in [6, 6.07) is 5.11. The van der Waals surface area contributed by atoms with Gasteiger partial charge in [0.05, 0.1) is 17.1 Å². The molecule has 0 unspecified atom stereocenters. The van der Waals surface area contributed by atoms with Gasteiger partial charge in [-0.25, -0.2) is 13.2 Å². The first-order chi connectivity index (χ1) is 14.6. The molecule has 31 heavy (non-hydrogen) atoms. The van der Waals surface area contributed by atoms with Gasteiger partial charge in [-0.2, -0.15) is 4.31 Å². The minimum atomic E-state index is -3.62. The molecule has 1 aromatic carbocycles. The van der Waals surface area contributed by atoms with Crippen molar-refractivity contribution < 1.29 is 22.7 Å². The predicted octanol–water partition coefficient (Wildman–Crippen LogP) is 2.57. The molecule has 2 heterocycles. The number of aryl methyl sites for hydroxylation is 3. The molecular formula is C22H29N3O5S. The maximum atomic E-state index is 13.0. The molecule has 168 valence electrons. The van der Waals surface area contributed by atoms with Gasteiger partial charge in [0.2, 0.25) is 10.0 Å². The van der Waals surface area contributed by atoms with Crippen LogP contribution in [0.15, 0.2) is 23.1 Å². The monoisotopic (exact) mass is 447 g/mol. The van der Waals surface area contributed by atoms with E-state index < -0.39 is 16.0 Å². The van der Waals surface area contributed by atoms with Crippen LogP contribution in [0.1, 0.15) is 50.2 Å². The van der Waals surface area contributed by atoms with E-state index in [0.717, 1.165) is 11.1 Å². The summed E-state index contributed by atoms with van der Waals surface area (Å²) < 4.78 is 32.5. The molecule has 9 heteroatoms. The number of benzene rings is 1. The summed E-state index contributed by atoms with van der Waals surface area (Å²) in [5, 5.41) is 0. The quantitative estimate of drug-likeness (QED) is 0.710. The van der Waals surface area contributed by atoms with Gasteiger partial charge < -0.3 is 14.6 Å². The first-order valence-electron chi connectivity index (χ1n) is 10.3. The Labute approximate surface area is 183 Å². The Kier molecular flexibility index (Phi) is 6.56. The predicted molar refractivity (Wildman–Crippen MR) is 117 cm³/mol. The van der Waals surface area contributed by atoms with E-state index in [1.165, 1.54) is 4.31 Å². The summed E-state index contributed by atoms with van der Waals surface area (Å²) in [5.74, 6) is -0.712. The summed E-state index contributed by atoms with van der Waals surface area (Å²) in [6.45, 7) is 10.2. The Balaban J connectivity index is 1.74. The largest absolute Gasteiger partial charge is 0.462 e. The van der Waals surface area contributed by atoms with Crippen LogP contribution in [-0.4, -0.2) is 67.3 Å². The Hall–Kier alpha value is -2.65. The summed E-state index contributed by atoms with van der Waals surface area (Å²) in [6.07, 6.45) is 0. The lowest BCUT2D eigenvalue weighted by Gasteiger charge is -2.34. The van der Waals surface area contributed by atoms with E-state index in [1.54, 1.807) is 43.9 Å². The molecular weight excluding hydrogens is 418 g/mol. The number of piperazine rings is 1. The number of esters is 1. The lowest BCUT2D eigenvalue weighted by molar-refractivity contribution is 0.0525. The number of aromatic amines is 1. The van der Waals surface area contributed by atoms with Crippen LogP contribution in [0, 0.1) is 27.7 Å². The van der Waals surface area contributed by atoms with Crippen molar-refractivity contribution >= 4 is 21.9 Å². The number of ether oxygens (including phenoxy) is 1. The van der Waals surface area contributed by atoms with E-state index >= 15 is 0 Å². The number of sulfonamides is 1. The maximum Gasteiger partial charge on any atom is 0.340 e. The lowest BCUT2D eigenvalue weighted by Crippen LogP contribution is -2.50. The lowest BCUT2D eigenvalue weighted by atomic mass is 10.1. The fourth-order valence-electron chi connectivity index (χ4n) is 3.79. The van der Waals surface area contributed by atoms with Crippen LogP contribution in [0.2, 0.25) is 0 Å². The highest BCUT2D eigenvalue weighted by Gasteiger charge is 2.32. The van der Waals surface area contributed by atoms with Gasteiger partial charge in [-0.05, 0) is 63.4 Å². The molecule has 0 spiro atoms. The fraction of sp³-hybridized carbons (Fsp3) is 0.455. The van der Waals surface area contributed by atoms with Crippen LogP contribution in [0.3, 0.4) is 0 Å². The Morgan fingerprint density at radius 2 is 1.68 bits per heavy atom. The molecule has 1 saturated heterocycles. The van der Waals surface area contributed by atoms with E-state index in [-0.39, 0.29) is 43.6 Å². The molecule has 1 fully saturated rings. The Morgan fingerprint density at radius 1 is 1.03 bits per heavy atom. The van der Waals surface area contributed by atoms with Crippen molar-refractivity contribution in [1.29, 1.82) is 0 Å².